The van der Waals surface area contributed by atoms with Crippen molar-refractivity contribution >= 4 is 27.3 Å². The first-order valence-electron chi connectivity index (χ1n) is 11.8. The van der Waals surface area contributed by atoms with Crippen molar-refractivity contribution in [1.82, 2.24) is 4.83 Å². The molecule has 190 valence electrons. The quantitative estimate of drug-likeness (QED) is 0.303. The molecular formula is C26H28FN3O5S. The van der Waals surface area contributed by atoms with Crippen LogP contribution in [0.25, 0.3) is 0 Å². The van der Waals surface area contributed by atoms with Gasteiger partial charge in [0.1, 0.15) is 17.3 Å². The van der Waals surface area contributed by atoms with E-state index in [0.29, 0.717) is 54.2 Å². The van der Waals surface area contributed by atoms with E-state index in [1.54, 1.807) is 31.2 Å². The smallest absolute Gasteiger partial charge is 0.291 e. The summed E-state index contributed by atoms with van der Waals surface area (Å²) in [5.41, 5.74) is 2.29. The van der Waals surface area contributed by atoms with Crippen LogP contribution in [0.2, 0.25) is 0 Å². The second-order valence-electron chi connectivity index (χ2n) is 8.50. The van der Waals surface area contributed by atoms with Crippen molar-refractivity contribution in [3.05, 3.63) is 77.0 Å². The van der Waals surface area contributed by atoms with Crippen LogP contribution in [0.1, 0.15) is 60.0 Å². The molecule has 1 amide bonds. The molecule has 0 bridgehead atoms. The van der Waals surface area contributed by atoms with Crippen molar-refractivity contribution in [3.8, 4) is 5.75 Å². The lowest BCUT2D eigenvalue weighted by atomic mass is 9.93. The summed E-state index contributed by atoms with van der Waals surface area (Å²) in [5.74, 6) is 0.527. The van der Waals surface area contributed by atoms with Crippen LogP contribution < -0.4 is 14.9 Å². The minimum Gasteiger partial charge on any atom is -0.494 e. The van der Waals surface area contributed by atoms with Gasteiger partial charge in [0.05, 0.1) is 17.2 Å². The molecule has 0 aliphatic heterocycles. The summed E-state index contributed by atoms with van der Waals surface area (Å²) in [5, 5.41) is 6.96. The number of carbonyl (C=O) groups excluding carboxylic acids is 1. The number of fused-ring (bicyclic) bond motifs is 1. The number of carbonyl (C=O) groups is 1. The SMILES string of the molecule is CCCCOc1ccc(NC(=O)c2oc3c(c2C)/C(=N/NS(=O)(=O)c2ccc(F)cc2)CCC3)cc1. The number of hydrogen-bond acceptors (Lipinski definition) is 6. The summed E-state index contributed by atoms with van der Waals surface area (Å²) >= 11 is 0. The zero-order valence-electron chi connectivity index (χ0n) is 20.1. The van der Waals surface area contributed by atoms with Crippen LogP contribution in [0.3, 0.4) is 0 Å². The highest BCUT2D eigenvalue weighted by Gasteiger charge is 2.28. The monoisotopic (exact) mass is 513 g/mol. The minimum atomic E-state index is -3.98. The zero-order valence-corrected chi connectivity index (χ0v) is 21.0. The molecule has 0 radical (unpaired) electrons. The molecular weight excluding hydrogens is 485 g/mol. The van der Waals surface area contributed by atoms with E-state index in [0.717, 1.165) is 30.7 Å². The highest BCUT2D eigenvalue weighted by atomic mass is 32.2. The van der Waals surface area contributed by atoms with Gasteiger partial charge in [0.15, 0.2) is 5.76 Å². The predicted molar refractivity (Wildman–Crippen MR) is 134 cm³/mol. The van der Waals surface area contributed by atoms with Crippen LogP contribution in [0.4, 0.5) is 10.1 Å². The van der Waals surface area contributed by atoms with Gasteiger partial charge in [-0.05, 0) is 74.7 Å². The average molecular weight is 514 g/mol. The Hall–Kier alpha value is -3.66. The summed E-state index contributed by atoms with van der Waals surface area (Å²) in [7, 11) is -3.98. The Balaban J connectivity index is 1.50. The highest BCUT2D eigenvalue weighted by molar-refractivity contribution is 7.89. The van der Waals surface area contributed by atoms with E-state index < -0.39 is 21.7 Å². The van der Waals surface area contributed by atoms with Crippen molar-refractivity contribution in [1.29, 1.82) is 0 Å². The minimum absolute atomic E-state index is 0.102. The lowest BCUT2D eigenvalue weighted by Gasteiger charge is -2.14. The van der Waals surface area contributed by atoms with Crippen molar-refractivity contribution < 1.29 is 26.8 Å². The third-order valence-electron chi connectivity index (χ3n) is 5.84. The molecule has 1 aliphatic carbocycles. The molecule has 0 fully saturated rings. The topological polar surface area (TPSA) is 110 Å². The maximum atomic E-state index is 13.1. The highest BCUT2D eigenvalue weighted by Crippen LogP contribution is 2.30. The Bertz CT molecular complexity index is 1360. The van der Waals surface area contributed by atoms with Crippen LogP contribution in [0.5, 0.6) is 5.75 Å². The Morgan fingerprint density at radius 2 is 1.83 bits per heavy atom. The van der Waals surface area contributed by atoms with Gasteiger partial charge in [0.25, 0.3) is 15.9 Å². The zero-order chi connectivity index (χ0) is 25.7. The predicted octanol–water partition coefficient (Wildman–Crippen LogP) is 5.18. The summed E-state index contributed by atoms with van der Waals surface area (Å²) in [4.78, 5) is 15.1. The molecule has 0 saturated carbocycles. The number of aryl methyl sites for hydroxylation is 1. The van der Waals surface area contributed by atoms with Gasteiger partial charge in [0.2, 0.25) is 0 Å². The number of furan rings is 1. The van der Waals surface area contributed by atoms with Gasteiger partial charge in [0, 0.05) is 23.2 Å². The molecule has 8 nitrogen and oxygen atoms in total. The van der Waals surface area contributed by atoms with Crippen LogP contribution in [-0.2, 0) is 16.4 Å². The fourth-order valence-corrected chi connectivity index (χ4v) is 4.77. The molecule has 3 aromatic rings. The van der Waals surface area contributed by atoms with Crippen molar-refractivity contribution in [3.63, 3.8) is 0 Å². The third kappa shape index (κ3) is 5.76. The van der Waals surface area contributed by atoms with Gasteiger partial charge in [-0.2, -0.15) is 18.4 Å². The first kappa shape index (κ1) is 25.4. The Morgan fingerprint density at radius 3 is 2.53 bits per heavy atom. The van der Waals surface area contributed by atoms with Gasteiger partial charge in [-0.3, -0.25) is 4.79 Å². The number of benzene rings is 2. The standard InChI is InChI=1S/C26H28FN3O5S/c1-3-4-16-34-20-12-10-19(11-13-20)28-26(31)25-17(2)24-22(6-5-7-23(24)35-25)29-30-36(32,33)21-14-8-18(27)9-15-21/h8-15,30H,3-7,16H2,1-2H3,(H,28,31)/b29-22+. The molecule has 36 heavy (non-hydrogen) atoms. The van der Waals surface area contributed by atoms with E-state index in [2.05, 4.69) is 22.2 Å². The number of nitrogens with zero attached hydrogens (tertiary/aromatic N) is 1. The van der Waals surface area contributed by atoms with E-state index in [-0.39, 0.29) is 10.7 Å². The fourth-order valence-electron chi connectivity index (χ4n) is 3.94. The number of nitrogens with one attached hydrogen (secondary N) is 2. The van der Waals surface area contributed by atoms with E-state index >= 15 is 0 Å². The molecule has 2 aromatic carbocycles. The van der Waals surface area contributed by atoms with Crippen molar-refractivity contribution in [2.75, 3.05) is 11.9 Å². The summed E-state index contributed by atoms with van der Waals surface area (Å²) in [6.45, 7) is 4.48. The van der Waals surface area contributed by atoms with Gasteiger partial charge in [-0.1, -0.05) is 13.3 Å². The van der Waals surface area contributed by atoms with Gasteiger partial charge < -0.3 is 14.5 Å². The van der Waals surface area contributed by atoms with Gasteiger partial charge in [-0.25, -0.2) is 4.39 Å². The van der Waals surface area contributed by atoms with E-state index in [1.165, 1.54) is 12.1 Å². The van der Waals surface area contributed by atoms with Crippen LogP contribution in [0.15, 0.2) is 62.9 Å². The molecule has 0 saturated heterocycles. The third-order valence-corrected chi connectivity index (χ3v) is 7.06. The van der Waals surface area contributed by atoms with Crippen LogP contribution in [-0.4, -0.2) is 26.6 Å². The number of rotatable bonds is 9. The number of amides is 1. The number of anilines is 1. The van der Waals surface area contributed by atoms with Crippen molar-refractivity contribution in [2.24, 2.45) is 5.10 Å². The normalized spacial score (nSPS) is 14.4. The van der Waals surface area contributed by atoms with Crippen molar-refractivity contribution in [2.45, 2.75) is 50.8 Å². The molecule has 4 rings (SSSR count). The lowest BCUT2D eigenvalue weighted by molar-refractivity contribution is 0.0994. The average Bonchev–Trinajstić information content (AvgIpc) is 3.21. The lowest BCUT2D eigenvalue weighted by Crippen LogP contribution is -2.22. The maximum absolute atomic E-state index is 13.1. The number of sulfonamides is 1. The van der Waals surface area contributed by atoms with Crippen LogP contribution in [0, 0.1) is 12.7 Å². The number of hydrazone groups is 1. The maximum Gasteiger partial charge on any atom is 0.291 e. The van der Waals surface area contributed by atoms with Gasteiger partial charge >= 0.3 is 0 Å². The fraction of sp³-hybridized carbons (Fsp3) is 0.308. The Morgan fingerprint density at radius 1 is 1.11 bits per heavy atom. The summed E-state index contributed by atoms with van der Waals surface area (Å²) in [6.07, 6.45) is 3.83. The summed E-state index contributed by atoms with van der Waals surface area (Å²) < 4.78 is 49.8. The van der Waals surface area contributed by atoms with Gasteiger partial charge in [-0.15, -0.1) is 0 Å². The first-order valence-corrected chi connectivity index (χ1v) is 13.3. The number of ether oxygens (including phenoxy) is 1. The molecule has 0 atom stereocenters. The largest absolute Gasteiger partial charge is 0.494 e. The van der Waals surface area contributed by atoms with E-state index in [4.69, 9.17) is 9.15 Å². The first-order chi connectivity index (χ1) is 17.3. The van der Waals surface area contributed by atoms with E-state index in [9.17, 15) is 17.6 Å². The van der Waals surface area contributed by atoms with Crippen LogP contribution >= 0.6 is 0 Å². The molecule has 1 aliphatic rings. The molecule has 1 aromatic heterocycles. The number of hydrogen-bond donors (Lipinski definition) is 2. The molecule has 2 N–H and O–H groups in total. The number of halogens is 1. The molecule has 10 heteroatoms. The number of unbranched alkanes of at least 4 members (excludes halogenated alkanes) is 1. The summed E-state index contributed by atoms with van der Waals surface area (Å²) in [6, 6.07) is 11.6. The van der Waals surface area contributed by atoms with E-state index in [1.807, 2.05) is 0 Å². The second kappa shape index (κ2) is 10.9. The Kier molecular flexibility index (Phi) is 7.73. The second-order valence-corrected chi connectivity index (χ2v) is 10.2. The Labute approximate surface area is 209 Å². The molecule has 0 spiro atoms. The molecule has 0 unspecified atom stereocenters. The molecule has 1 heterocycles.